The lowest BCUT2D eigenvalue weighted by Gasteiger charge is -2.31. The van der Waals surface area contributed by atoms with Gasteiger partial charge in [-0.3, -0.25) is 9.69 Å². The van der Waals surface area contributed by atoms with Crippen LogP contribution in [0.15, 0.2) is 24.3 Å². The molecule has 1 fully saturated rings. The molecule has 0 radical (unpaired) electrons. The molecule has 0 aromatic heterocycles. The maximum atomic E-state index is 11.4. The molecule has 1 atom stereocenters. The summed E-state index contributed by atoms with van der Waals surface area (Å²) in [5, 5.41) is 11.8. The predicted octanol–water partition coefficient (Wildman–Crippen LogP) is 0.705. The number of piperazine rings is 1. The van der Waals surface area contributed by atoms with Crippen molar-refractivity contribution in [3.63, 3.8) is 0 Å². The number of carboxylic acid groups (broad SMARTS) is 1. The molecule has 1 amide bonds. The van der Waals surface area contributed by atoms with Gasteiger partial charge >= 0.3 is 5.97 Å². The molecule has 1 heterocycles. The minimum atomic E-state index is -0.929. The fourth-order valence-corrected chi connectivity index (χ4v) is 2.20. The number of nitrogens with one attached hydrogen (secondary N) is 1. The van der Waals surface area contributed by atoms with Crippen molar-refractivity contribution in [3.05, 3.63) is 35.4 Å². The van der Waals surface area contributed by atoms with E-state index in [1.54, 1.807) is 18.2 Å². The molecule has 0 spiro atoms. The molecule has 18 heavy (non-hydrogen) atoms. The molecule has 5 heteroatoms. The summed E-state index contributed by atoms with van der Waals surface area (Å²) in [6.07, 6.45) is 0. The van der Waals surface area contributed by atoms with Gasteiger partial charge in [0.05, 0.1) is 12.1 Å². The smallest absolute Gasteiger partial charge is 0.335 e. The first kappa shape index (κ1) is 12.6. The van der Waals surface area contributed by atoms with Crippen molar-refractivity contribution in [2.75, 3.05) is 13.1 Å². The van der Waals surface area contributed by atoms with Crippen LogP contribution in [0, 0.1) is 0 Å². The van der Waals surface area contributed by atoms with E-state index in [0.29, 0.717) is 13.1 Å². The Morgan fingerprint density at radius 2 is 2.33 bits per heavy atom. The number of carbonyl (C=O) groups excluding carboxylic acids is 1. The van der Waals surface area contributed by atoms with E-state index in [-0.39, 0.29) is 17.5 Å². The first-order valence-corrected chi connectivity index (χ1v) is 5.88. The lowest BCUT2D eigenvalue weighted by molar-refractivity contribution is -0.125. The van der Waals surface area contributed by atoms with Gasteiger partial charge in [-0.2, -0.15) is 0 Å². The Balaban J connectivity index is 2.06. The molecule has 2 rings (SSSR count). The second-order valence-corrected chi connectivity index (χ2v) is 4.64. The molecule has 1 saturated heterocycles. The third-order valence-corrected chi connectivity index (χ3v) is 2.89. The maximum Gasteiger partial charge on any atom is 0.335 e. The van der Waals surface area contributed by atoms with Crippen LogP contribution in [0.4, 0.5) is 0 Å². The first-order valence-electron chi connectivity index (χ1n) is 5.88. The van der Waals surface area contributed by atoms with Crippen LogP contribution in [0.2, 0.25) is 0 Å². The van der Waals surface area contributed by atoms with Crippen molar-refractivity contribution in [1.29, 1.82) is 0 Å². The van der Waals surface area contributed by atoms with Gasteiger partial charge in [0.1, 0.15) is 0 Å². The zero-order valence-electron chi connectivity index (χ0n) is 10.2. The lowest BCUT2D eigenvalue weighted by atomic mass is 10.1. The standard InChI is InChI=1S/C13H16N2O3/c1-9-6-15(8-12(16)14-9)7-10-3-2-4-11(5-10)13(17)18/h2-5,9H,6-8H2,1H3,(H,14,16)(H,17,18). The number of rotatable bonds is 3. The summed E-state index contributed by atoms with van der Waals surface area (Å²) < 4.78 is 0. The van der Waals surface area contributed by atoms with Gasteiger partial charge in [-0.1, -0.05) is 12.1 Å². The van der Waals surface area contributed by atoms with Crippen molar-refractivity contribution >= 4 is 11.9 Å². The van der Waals surface area contributed by atoms with Gasteiger partial charge in [-0.05, 0) is 24.6 Å². The highest BCUT2D eigenvalue weighted by atomic mass is 16.4. The summed E-state index contributed by atoms with van der Waals surface area (Å²) in [6.45, 7) is 3.70. The number of aromatic carboxylic acids is 1. The molecule has 1 aliphatic heterocycles. The predicted molar refractivity (Wildman–Crippen MR) is 66.3 cm³/mol. The molecule has 1 aromatic carbocycles. The summed E-state index contributed by atoms with van der Waals surface area (Å²) >= 11 is 0. The summed E-state index contributed by atoms with van der Waals surface area (Å²) in [7, 11) is 0. The maximum absolute atomic E-state index is 11.4. The van der Waals surface area contributed by atoms with Gasteiger partial charge in [0.2, 0.25) is 5.91 Å². The van der Waals surface area contributed by atoms with E-state index in [2.05, 4.69) is 5.32 Å². The van der Waals surface area contributed by atoms with Crippen molar-refractivity contribution in [2.24, 2.45) is 0 Å². The minimum Gasteiger partial charge on any atom is -0.478 e. The quantitative estimate of drug-likeness (QED) is 0.826. The van der Waals surface area contributed by atoms with Crippen molar-refractivity contribution < 1.29 is 14.7 Å². The van der Waals surface area contributed by atoms with Gasteiger partial charge in [0, 0.05) is 19.1 Å². The zero-order valence-corrected chi connectivity index (χ0v) is 10.2. The molecular weight excluding hydrogens is 232 g/mol. The van der Waals surface area contributed by atoms with E-state index >= 15 is 0 Å². The van der Waals surface area contributed by atoms with Crippen molar-refractivity contribution in [2.45, 2.75) is 19.5 Å². The number of carbonyl (C=O) groups is 2. The molecule has 1 unspecified atom stereocenters. The van der Waals surface area contributed by atoms with Crippen molar-refractivity contribution in [3.8, 4) is 0 Å². The molecule has 96 valence electrons. The summed E-state index contributed by atoms with van der Waals surface area (Å²) in [4.78, 5) is 24.3. The van der Waals surface area contributed by atoms with E-state index in [1.807, 2.05) is 17.9 Å². The van der Waals surface area contributed by atoms with Crippen LogP contribution >= 0.6 is 0 Å². The van der Waals surface area contributed by atoms with Gasteiger partial charge in [0.15, 0.2) is 0 Å². The van der Waals surface area contributed by atoms with E-state index < -0.39 is 5.97 Å². The van der Waals surface area contributed by atoms with Gasteiger partial charge < -0.3 is 10.4 Å². The Bertz CT molecular complexity index is 473. The van der Waals surface area contributed by atoms with Crippen LogP contribution in [0.3, 0.4) is 0 Å². The average Bonchev–Trinajstić information content (AvgIpc) is 2.27. The highest BCUT2D eigenvalue weighted by molar-refractivity contribution is 5.87. The normalized spacial score (nSPS) is 20.5. The largest absolute Gasteiger partial charge is 0.478 e. The van der Waals surface area contributed by atoms with Crippen LogP contribution < -0.4 is 5.32 Å². The number of amides is 1. The molecular formula is C13H16N2O3. The molecule has 1 aliphatic rings. The number of hydrogen-bond acceptors (Lipinski definition) is 3. The lowest BCUT2D eigenvalue weighted by Crippen LogP contribution is -2.52. The van der Waals surface area contributed by atoms with E-state index in [0.717, 1.165) is 12.1 Å². The Morgan fingerprint density at radius 1 is 1.56 bits per heavy atom. The third-order valence-electron chi connectivity index (χ3n) is 2.89. The Hall–Kier alpha value is -1.88. The fourth-order valence-electron chi connectivity index (χ4n) is 2.20. The first-order chi connectivity index (χ1) is 8.54. The van der Waals surface area contributed by atoms with Crippen LogP contribution in [0.25, 0.3) is 0 Å². The topological polar surface area (TPSA) is 69.6 Å². The van der Waals surface area contributed by atoms with Crippen molar-refractivity contribution in [1.82, 2.24) is 10.2 Å². The van der Waals surface area contributed by atoms with Crippen LogP contribution in [-0.4, -0.2) is 41.0 Å². The highest BCUT2D eigenvalue weighted by Crippen LogP contribution is 2.10. The number of hydrogen-bond donors (Lipinski definition) is 2. The summed E-state index contributed by atoms with van der Waals surface area (Å²) in [5.41, 5.74) is 1.19. The fraction of sp³-hybridized carbons (Fsp3) is 0.385. The Morgan fingerprint density at radius 3 is 3.00 bits per heavy atom. The molecule has 0 saturated carbocycles. The zero-order chi connectivity index (χ0) is 13.1. The Labute approximate surface area is 105 Å². The second kappa shape index (κ2) is 5.18. The summed E-state index contributed by atoms with van der Waals surface area (Å²) in [6, 6.07) is 6.96. The Kier molecular flexibility index (Phi) is 3.62. The third kappa shape index (κ3) is 3.07. The number of benzene rings is 1. The SMILES string of the molecule is CC1CN(Cc2cccc(C(=O)O)c2)CC(=O)N1. The van der Waals surface area contributed by atoms with Gasteiger partial charge in [-0.25, -0.2) is 4.79 Å². The van der Waals surface area contributed by atoms with E-state index in [9.17, 15) is 9.59 Å². The van der Waals surface area contributed by atoms with Crippen LogP contribution in [-0.2, 0) is 11.3 Å². The molecule has 0 aliphatic carbocycles. The second-order valence-electron chi connectivity index (χ2n) is 4.64. The van der Waals surface area contributed by atoms with Gasteiger partial charge in [-0.15, -0.1) is 0 Å². The van der Waals surface area contributed by atoms with Crippen LogP contribution in [0.1, 0.15) is 22.8 Å². The van der Waals surface area contributed by atoms with Crippen LogP contribution in [0.5, 0.6) is 0 Å². The molecule has 1 aromatic rings. The molecule has 5 nitrogen and oxygen atoms in total. The molecule has 0 bridgehead atoms. The van der Waals surface area contributed by atoms with E-state index in [1.165, 1.54) is 0 Å². The number of nitrogens with zero attached hydrogens (tertiary/aromatic N) is 1. The summed E-state index contributed by atoms with van der Waals surface area (Å²) in [5.74, 6) is -0.912. The molecule has 2 N–H and O–H groups in total. The van der Waals surface area contributed by atoms with E-state index in [4.69, 9.17) is 5.11 Å². The highest BCUT2D eigenvalue weighted by Gasteiger charge is 2.21. The average molecular weight is 248 g/mol. The monoisotopic (exact) mass is 248 g/mol. The number of carboxylic acids is 1. The van der Waals surface area contributed by atoms with Gasteiger partial charge in [0.25, 0.3) is 0 Å². The minimum absolute atomic E-state index is 0.0168.